The van der Waals surface area contributed by atoms with Crippen LogP contribution >= 0.6 is 0 Å². The molecule has 0 saturated heterocycles. The number of pyridine rings is 1. The minimum absolute atomic E-state index is 0.189. The van der Waals surface area contributed by atoms with E-state index in [9.17, 15) is 4.79 Å². The molecule has 3 aromatic heterocycles. The van der Waals surface area contributed by atoms with Gasteiger partial charge in [0.05, 0.1) is 11.8 Å². The van der Waals surface area contributed by atoms with Crippen LogP contribution in [0.15, 0.2) is 38.4 Å². The van der Waals surface area contributed by atoms with Gasteiger partial charge < -0.3 is 13.9 Å². The van der Waals surface area contributed by atoms with Gasteiger partial charge in [-0.25, -0.2) is 0 Å². The van der Waals surface area contributed by atoms with Crippen LogP contribution in [0.3, 0.4) is 0 Å². The molecule has 0 spiro atoms. The quantitative estimate of drug-likeness (QED) is 0.785. The number of H-pyrrole nitrogens is 1. The van der Waals surface area contributed by atoms with Crippen molar-refractivity contribution >= 4 is 0 Å². The molecule has 0 aliphatic heterocycles. The third-order valence-electron chi connectivity index (χ3n) is 4.37. The zero-order valence-electron chi connectivity index (χ0n) is 13.0. The predicted octanol–water partition coefficient (Wildman–Crippen LogP) is 3.20. The highest BCUT2D eigenvalue weighted by molar-refractivity contribution is 5.59. The molecule has 3 heterocycles. The van der Waals surface area contributed by atoms with Crippen molar-refractivity contribution in [2.24, 2.45) is 5.41 Å². The highest BCUT2D eigenvalue weighted by atomic mass is 16.5. The first kappa shape index (κ1) is 14.0. The van der Waals surface area contributed by atoms with Gasteiger partial charge in [0.15, 0.2) is 0 Å². The van der Waals surface area contributed by atoms with Gasteiger partial charge in [0.1, 0.15) is 11.8 Å². The number of fused-ring (bicyclic) bond motifs is 1. The summed E-state index contributed by atoms with van der Waals surface area (Å²) in [5.74, 6) is 0.639. The van der Waals surface area contributed by atoms with Crippen LogP contribution in [0.5, 0.6) is 0 Å². The number of aryl methyl sites for hydroxylation is 1. The van der Waals surface area contributed by atoms with Crippen LogP contribution in [0.25, 0.3) is 22.8 Å². The minimum Gasteiger partial charge on any atom is -0.472 e. The zero-order chi connectivity index (χ0) is 16.0. The Labute approximate surface area is 132 Å². The van der Waals surface area contributed by atoms with Crippen molar-refractivity contribution < 1.29 is 8.94 Å². The molecule has 4 rings (SSSR count). The van der Waals surface area contributed by atoms with Gasteiger partial charge in [0.2, 0.25) is 5.82 Å². The Morgan fingerprint density at radius 1 is 1.35 bits per heavy atom. The van der Waals surface area contributed by atoms with Crippen molar-refractivity contribution in [1.29, 1.82) is 0 Å². The monoisotopic (exact) mass is 311 g/mol. The van der Waals surface area contributed by atoms with Gasteiger partial charge in [0, 0.05) is 5.69 Å². The molecule has 6 heteroatoms. The van der Waals surface area contributed by atoms with Crippen LogP contribution in [0.1, 0.15) is 31.5 Å². The Kier molecular flexibility index (Phi) is 3.01. The van der Waals surface area contributed by atoms with Gasteiger partial charge >= 0.3 is 0 Å². The molecule has 0 fully saturated rings. The second-order valence-corrected chi connectivity index (χ2v) is 6.79. The van der Waals surface area contributed by atoms with Crippen molar-refractivity contribution in [3.05, 3.63) is 46.3 Å². The normalized spacial score (nSPS) is 16.3. The van der Waals surface area contributed by atoms with E-state index < -0.39 is 0 Å². The lowest BCUT2D eigenvalue weighted by molar-refractivity contribution is 0.312. The Hall–Kier alpha value is -2.63. The van der Waals surface area contributed by atoms with E-state index >= 15 is 0 Å². The van der Waals surface area contributed by atoms with E-state index in [0.29, 0.717) is 11.4 Å². The van der Waals surface area contributed by atoms with Crippen LogP contribution in [0, 0.1) is 5.41 Å². The molecular weight excluding hydrogens is 294 g/mol. The fourth-order valence-electron chi connectivity index (χ4n) is 3.06. The Balaban J connectivity index is 1.76. The van der Waals surface area contributed by atoms with Gasteiger partial charge in [-0.3, -0.25) is 4.79 Å². The van der Waals surface area contributed by atoms with E-state index in [4.69, 9.17) is 8.94 Å². The van der Waals surface area contributed by atoms with Crippen molar-refractivity contribution in [2.75, 3.05) is 0 Å². The summed E-state index contributed by atoms with van der Waals surface area (Å²) in [7, 11) is 0. The van der Waals surface area contributed by atoms with Crippen LogP contribution in [0.4, 0.5) is 0 Å². The molecule has 23 heavy (non-hydrogen) atoms. The first-order chi connectivity index (χ1) is 11.0. The summed E-state index contributed by atoms with van der Waals surface area (Å²) in [5, 5.41) is 3.92. The van der Waals surface area contributed by atoms with Gasteiger partial charge in [0.25, 0.3) is 11.4 Å². The summed E-state index contributed by atoms with van der Waals surface area (Å²) in [4.78, 5) is 19.6. The number of furan rings is 1. The number of aromatic amines is 1. The number of nitrogens with zero attached hydrogens (tertiary/aromatic N) is 2. The van der Waals surface area contributed by atoms with E-state index in [1.54, 1.807) is 12.3 Å². The van der Waals surface area contributed by atoms with Gasteiger partial charge in [-0.05, 0) is 42.4 Å². The molecule has 0 saturated carbocycles. The van der Waals surface area contributed by atoms with Crippen LogP contribution in [-0.4, -0.2) is 15.1 Å². The molecule has 1 aliphatic rings. The zero-order valence-corrected chi connectivity index (χ0v) is 13.0. The molecule has 1 aliphatic carbocycles. The average Bonchev–Trinajstić information content (AvgIpc) is 3.17. The third-order valence-corrected chi connectivity index (χ3v) is 4.37. The molecule has 0 atom stereocenters. The Morgan fingerprint density at radius 2 is 2.22 bits per heavy atom. The summed E-state index contributed by atoms with van der Waals surface area (Å²) in [6.07, 6.45) is 5.96. The van der Waals surface area contributed by atoms with Gasteiger partial charge in [-0.1, -0.05) is 19.0 Å². The highest BCUT2D eigenvalue weighted by Crippen LogP contribution is 2.34. The summed E-state index contributed by atoms with van der Waals surface area (Å²) in [6, 6.07) is 3.63. The van der Waals surface area contributed by atoms with Crippen molar-refractivity contribution in [3.63, 3.8) is 0 Å². The molecule has 6 nitrogen and oxygen atoms in total. The summed E-state index contributed by atoms with van der Waals surface area (Å²) < 4.78 is 10.3. The van der Waals surface area contributed by atoms with E-state index in [2.05, 4.69) is 29.0 Å². The Morgan fingerprint density at radius 3 is 3.00 bits per heavy atom. The van der Waals surface area contributed by atoms with Crippen molar-refractivity contribution in [3.8, 4) is 22.8 Å². The summed E-state index contributed by atoms with van der Waals surface area (Å²) in [6.45, 7) is 4.48. The molecule has 0 aromatic carbocycles. The minimum atomic E-state index is -0.189. The molecule has 3 aromatic rings. The fourth-order valence-corrected chi connectivity index (χ4v) is 3.06. The lowest BCUT2D eigenvalue weighted by Crippen LogP contribution is -2.26. The molecule has 0 unspecified atom stereocenters. The largest absolute Gasteiger partial charge is 0.472 e. The second kappa shape index (κ2) is 4.94. The van der Waals surface area contributed by atoms with Crippen molar-refractivity contribution in [2.45, 2.75) is 33.1 Å². The maximum Gasteiger partial charge on any atom is 0.263 e. The molecule has 0 radical (unpaired) electrons. The standard InChI is InChI=1S/C17H17N3O3/c1-17(2)5-3-13-11(8-17)7-12(15(21)18-13)16-19-14(20-23-16)10-4-6-22-9-10/h4,6-7,9H,3,5,8H2,1-2H3,(H,18,21). The molecular formula is C17H17N3O3. The topological polar surface area (TPSA) is 84.9 Å². The van der Waals surface area contributed by atoms with E-state index in [0.717, 1.165) is 36.1 Å². The van der Waals surface area contributed by atoms with Gasteiger partial charge in [-0.2, -0.15) is 4.98 Å². The maximum atomic E-state index is 12.3. The first-order valence-corrected chi connectivity index (χ1v) is 7.64. The van der Waals surface area contributed by atoms with E-state index in [-0.39, 0.29) is 16.9 Å². The Bertz CT molecular complexity index is 904. The predicted molar refractivity (Wildman–Crippen MR) is 83.9 cm³/mol. The van der Waals surface area contributed by atoms with Crippen LogP contribution < -0.4 is 5.56 Å². The van der Waals surface area contributed by atoms with Gasteiger partial charge in [-0.15, -0.1) is 0 Å². The van der Waals surface area contributed by atoms with Crippen LogP contribution in [-0.2, 0) is 12.8 Å². The first-order valence-electron chi connectivity index (χ1n) is 7.64. The van der Waals surface area contributed by atoms with Crippen molar-refractivity contribution in [1.82, 2.24) is 15.1 Å². The number of hydrogen-bond acceptors (Lipinski definition) is 5. The summed E-state index contributed by atoms with van der Waals surface area (Å²) >= 11 is 0. The third kappa shape index (κ3) is 2.50. The lowest BCUT2D eigenvalue weighted by atomic mass is 9.76. The molecule has 118 valence electrons. The van der Waals surface area contributed by atoms with Crippen LogP contribution in [0.2, 0.25) is 0 Å². The highest BCUT2D eigenvalue weighted by Gasteiger charge is 2.27. The lowest BCUT2D eigenvalue weighted by Gasteiger charge is -2.30. The number of aromatic nitrogens is 3. The fraction of sp³-hybridized carbons (Fsp3) is 0.353. The summed E-state index contributed by atoms with van der Waals surface area (Å²) in [5.41, 5.74) is 3.36. The molecule has 0 amide bonds. The number of hydrogen-bond donors (Lipinski definition) is 1. The van der Waals surface area contributed by atoms with E-state index in [1.165, 1.54) is 6.26 Å². The SMILES string of the molecule is CC1(C)CCc2[nH]c(=O)c(-c3nc(-c4ccoc4)no3)cc2C1. The smallest absolute Gasteiger partial charge is 0.263 e. The average molecular weight is 311 g/mol. The number of rotatable bonds is 2. The number of nitrogens with one attached hydrogen (secondary N) is 1. The molecule has 0 bridgehead atoms. The second-order valence-electron chi connectivity index (χ2n) is 6.79. The molecule has 1 N–H and O–H groups in total. The maximum absolute atomic E-state index is 12.3. The van der Waals surface area contributed by atoms with E-state index in [1.807, 2.05) is 6.07 Å².